The van der Waals surface area contributed by atoms with Gasteiger partial charge in [-0.25, -0.2) is 4.79 Å². The number of hydrogen-bond donors (Lipinski definition) is 2. The summed E-state index contributed by atoms with van der Waals surface area (Å²) in [5.74, 6) is -3.31. The lowest BCUT2D eigenvalue weighted by Gasteiger charge is -2.14. The fraction of sp³-hybridized carbons (Fsp3) is 0.562. The standard InChI is InChI=1S/C16H21N3O6/c1-9(2)17-16(24)18-12(20)8-25-13(21)7-19-14(22)10-5-3-4-6-11(10)15(19)23/h3-4,9-11H,5-8H2,1-2H3,(H2,17,18,20,24)/t10-,11-/m1/s1. The van der Waals surface area contributed by atoms with Crippen LogP contribution >= 0.6 is 0 Å². The molecule has 0 unspecified atom stereocenters. The van der Waals surface area contributed by atoms with Gasteiger partial charge in [-0.1, -0.05) is 12.2 Å². The Morgan fingerprint density at radius 2 is 1.72 bits per heavy atom. The molecule has 2 aliphatic rings. The van der Waals surface area contributed by atoms with E-state index in [9.17, 15) is 24.0 Å². The van der Waals surface area contributed by atoms with Crippen LogP contribution in [-0.2, 0) is 23.9 Å². The van der Waals surface area contributed by atoms with Gasteiger partial charge in [0.05, 0.1) is 11.8 Å². The van der Waals surface area contributed by atoms with Crippen molar-refractivity contribution in [2.75, 3.05) is 13.2 Å². The van der Waals surface area contributed by atoms with Crippen LogP contribution in [-0.4, -0.2) is 53.8 Å². The number of carbonyl (C=O) groups excluding carboxylic acids is 5. The van der Waals surface area contributed by atoms with Crippen LogP contribution in [0.1, 0.15) is 26.7 Å². The van der Waals surface area contributed by atoms with E-state index >= 15 is 0 Å². The van der Waals surface area contributed by atoms with E-state index in [2.05, 4.69) is 5.32 Å². The van der Waals surface area contributed by atoms with Crippen LogP contribution in [0.4, 0.5) is 4.79 Å². The minimum absolute atomic E-state index is 0.152. The second kappa shape index (κ2) is 7.91. The topological polar surface area (TPSA) is 122 Å². The number of allylic oxidation sites excluding steroid dienone is 2. The maximum atomic E-state index is 12.2. The number of ether oxygens (including phenoxy) is 1. The highest BCUT2D eigenvalue weighted by atomic mass is 16.5. The monoisotopic (exact) mass is 351 g/mol. The van der Waals surface area contributed by atoms with Gasteiger partial charge in [-0.05, 0) is 26.7 Å². The number of amides is 5. The molecule has 0 radical (unpaired) electrons. The number of fused-ring (bicyclic) bond motifs is 1. The molecule has 9 heteroatoms. The molecule has 1 fully saturated rings. The molecule has 1 heterocycles. The highest BCUT2D eigenvalue weighted by Gasteiger charge is 2.47. The Kier molecular flexibility index (Phi) is 5.89. The predicted octanol–water partition coefficient (Wildman–Crippen LogP) is -0.285. The quantitative estimate of drug-likeness (QED) is 0.399. The summed E-state index contributed by atoms with van der Waals surface area (Å²) in [7, 11) is 0. The maximum Gasteiger partial charge on any atom is 0.326 e. The number of imide groups is 2. The lowest BCUT2D eigenvalue weighted by Crippen LogP contribution is -2.44. The molecule has 0 aromatic rings. The molecule has 0 bridgehead atoms. The molecular formula is C16H21N3O6. The van der Waals surface area contributed by atoms with Gasteiger partial charge in [-0.15, -0.1) is 0 Å². The summed E-state index contributed by atoms with van der Waals surface area (Å²) in [4.78, 5) is 59.9. The van der Waals surface area contributed by atoms with E-state index < -0.39 is 54.7 Å². The molecular weight excluding hydrogens is 330 g/mol. The number of carbonyl (C=O) groups is 5. The van der Waals surface area contributed by atoms with Crippen molar-refractivity contribution in [2.45, 2.75) is 32.7 Å². The fourth-order valence-electron chi connectivity index (χ4n) is 2.81. The number of esters is 1. The summed E-state index contributed by atoms with van der Waals surface area (Å²) in [5.41, 5.74) is 0. The van der Waals surface area contributed by atoms with E-state index in [0.717, 1.165) is 4.90 Å². The van der Waals surface area contributed by atoms with Crippen LogP contribution in [0, 0.1) is 11.8 Å². The molecule has 2 N–H and O–H groups in total. The first-order chi connectivity index (χ1) is 11.8. The highest BCUT2D eigenvalue weighted by molar-refractivity contribution is 6.07. The average molecular weight is 351 g/mol. The number of urea groups is 1. The number of nitrogens with zero attached hydrogens (tertiary/aromatic N) is 1. The van der Waals surface area contributed by atoms with Crippen molar-refractivity contribution >= 4 is 29.7 Å². The Labute approximate surface area is 144 Å². The minimum Gasteiger partial charge on any atom is -0.454 e. The Morgan fingerprint density at radius 1 is 1.16 bits per heavy atom. The molecule has 0 aromatic heterocycles. The molecule has 9 nitrogen and oxygen atoms in total. The summed E-state index contributed by atoms with van der Waals surface area (Å²) in [6.45, 7) is 2.24. The van der Waals surface area contributed by atoms with E-state index in [1.807, 2.05) is 17.5 Å². The zero-order chi connectivity index (χ0) is 18.6. The Hall–Kier alpha value is -2.71. The maximum absolute atomic E-state index is 12.2. The lowest BCUT2D eigenvalue weighted by atomic mass is 9.85. The van der Waals surface area contributed by atoms with Crippen LogP contribution in [0.2, 0.25) is 0 Å². The molecule has 1 aliphatic carbocycles. The second-order valence-electron chi connectivity index (χ2n) is 6.26. The smallest absolute Gasteiger partial charge is 0.326 e. The summed E-state index contributed by atoms with van der Waals surface area (Å²) in [6, 6.07) is -0.849. The van der Waals surface area contributed by atoms with Crippen molar-refractivity contribution in [1.82, 2.24) is 15.5 Å². The van der Waals surface area contributed by atoms with E-state index in [1.165, 1.54) is 0 Å². The molecule has 2 atom stereocenters. The van der Waals surface area contributed by atoms with Gasteiger partial charge in [0.25, 0.3) is 5.91 Å². The molecule has 0 aromatic carbocycles. The molecule has 1 aliphatic heterocycles. The lowest BCUT2D eigenvalue weighted by molar-refractivity contribution is -0.154. The van der Waals surface area contributed by atoms with Crippen LogP contribution in [0.15, 0.2) is 12.2 Å². The Bertz CT molecular complexity index is 601. The van der Waals surface area contributed by atoms with Crippen molar-refractivity contribution in [3.63, 3.8) is 0 Å². The second-order valence-corrected chi connectivity index (χ2v) is 6.26. The van der Waals surface area contributed by atoms with E-state index in [1.54, 1.807) is 13.8 Å². The van der Waals surface area contributed by atoms with Crippen LogP contribution in [0.3, 0.4) is 0 Å². The Morgan fingerprint density at radius 3 is 2.24 bits per heavy atom. The van der Waals surface area contributed by atoms with Crippen LogP contribution in [0.25, 0.3) is 0 Å². The fourth-order valence-corrected chi connectivity index (χ4v) is 2.81. The van der Waals surface area contributed by atoms with Crippen molar-refractivity contribution in [2.24, 2.45) is 11.8 Å². The Balaban J connectivity index is 1.79. The van der Waals surface area contributed by atoms with E-state index in [-0.39, 0.29) is 6.04 Å². The van der Waals surface area contributed by atoms with Gasteiger partial charge in [0.2, 0.25) is 11.8 Å². The number of hydrogen-bond acceptors (Lipinski definition) is 6. The summed E-state index contributed by atoms with van der Waals surface area (Å²) < 4.78 is 4.73. The zero-order valence-corrected chi connectivity index (χ0v) is 14.1. The third kappa shape index (κ3) is 4.65. The number of likely N-dealkylation sites (tertiary alicyclic amines) is 1. The third-order valence-electron chi connectivity index (χ3n) is 3.92. The first-order valence-corrected chi connectivity index (χ1v) is 8.05. The first kappa shape index (κ1) is 18.6. The van der Waals surface area contributed by atoms with Gasteiger partial charge in [-0.2, -0.15) is 0 Å². The largest absolute Gasteiger partial charge is 0.454 e. The van der Waals surface area contributed by atoms with Gasteiger partial charge < -0.3 is 10.1 Å². The van der Waals surface area contributed by atoms with E-state index in [4.69, 9.17) is 4.74 Å². The summed E-state index contributed by atoms with van der Waals surface area (Å²) >= 11 is 0. The van der Waals surface area contributed by atoms with Crippen LogP contribution in [0.5, 0.6) is 0 Å². The summed E-state index contributed by atoms with van der Waals surface area (Å²) in [5, 5.41) is 4.44. The van der Waals surface area contributed by atoms with Crippen molar-refractivity contribution in [3.05, 3.63) is 12.2 Å². The molecule has 1 saturated heterocycles. The normalized spacial score (nSPS) is 22.0. The molecule has 2 rings (SSSR count). The average Bonchev–Trinajstić information content (AvgIpc) is 2.77. The molecule has 0 saturated carbocycles. The van der Waals surface area contributed by atoms with Gasteiger partial charge in [0, 0.05) is 6.04 Å². The predicted molar refractivity (Wildman–Crippen MR) is 84.8 cm³/mol. The third-order valence-corrected chi connectivity index (χ3v) is 3.92. The van der Waals surface area contributed by atoms with E-state index in [0.29, 0.717) is 12.8 Å². The first-order valence-electron chi connectivity index (χ1n) is 8.05. The molecule has 5 amide bonds. The molecule has 0 spiro atoms. The zero-order valence-electron chi connectivity index (χ0n) is 14.1. The van der Waals surface area contributed by atoms with Crippen molar-refractivity contribution in [3.8, 4) is 0 Å². The van der Waals surface area contributed by atoms with Gasteiger partial charge in [0.1, 0.15) is 6.54 Å². The highest BCUT2D eigenvalue weighted by Crippen LogP contribution is 2.34. The molecule has 25 heavy (non-hydrogen) atoms. The van der Waals surface area contributed by atoms with Crippen molar-refractivity contribution < 1.29 is 28.7 Å². The number of nitrogens with one attached hydrogen (secondary N) is 2. The van der Waals surface area contributed by atoms with Gasteiger partial charge >= 0.3 is 12.0 Å². The van der Waals surface area contributed by atoms with Gasteiger partial charge in [-0.3, -0.25) is 29.4 Å². The molecule has 136 valence electrons. The summed E-state index contributed by atoms with van der Waals surface area (Å²) in [6.07, 6.45) is 4.66. The van der Waals surface area contributed by atoms with Gasteiger partial charge in [0.15, 0.2) is 6.61 Å². The SMILES string of the molecule is CC(C)NC(=O)NC(=O)COC(=O)CN1C(=O)[C@@H]2CC=CC[C@H]2C1=O. The minimum atomic E-state index is -0.882. The number of rotatable bonds is 5. The van der Waals surface area contributed by atoms with Crippen molar-refractivity contribution in [1.29, 1.82) is 0 Å². The van der Waals surface area contributed by atoms with Crippen LogP contribution < -0.4 is 10.6 Å².